The summed E-state index contributed by atoms with van der Waals surface area (Å²) in [6.07, 6.45) is 0.839. The Bertz CT molecular complexity index is 453. The first-order chi connectivity index (χ1) is 7.29. The third-order valence-electron chi connectivity index (χ3n) is 2.03. The van der Waals surface area contributed by atoms with Crippen LogP contribution >= 0.6 is 22.9 Å². The zero-order valence-electron chi connectivity index (χ0n) is 8.11. The fourth-order valence-electron chi connectivity index (χ4n) is 1.33. The lowest BCUT2D eigenvalue weighted by molar-refractivity contribution is 0.954. The standard InChI is InChI=1S/C11H11ClN2S/c12-9-3-1-2-8(6-9)10-7-15-11(14-10)4-5-13/h1-3,6-7H,4-5,13H2. The van der Waals surface area contributed by atoms with Crippen LogP contribution in [-0.4, -0.2) is 11.5 Å². The van der Waals surface area contributed by atoms with Gasteiger partial charge in [0.05, 0.1) is 10.7 Å². The van der Waals surface area contributed by atoms with Crippen molar-refractivity contribution in [3.05, 3.63) is 39.7 Å². The van der Waals surface area contributed by atoms with Gasteiger partial charge in [0.1, 0.15) is 0 Å². The van der Waals surface area contributed by atoms with Gasteiger partial charge in [-0.1, -0.05) is 23.7 Å². The van der Waals surface area contributed by atoms with E-state index in [9.17, 15) is 0 Å². The topological polar surface area (TPSA) is 38.9 Å². The Morgan fingerprint density at radius 1 is 1.40 bits per heavy atom. The van der Waals surface area contributed by atoms with Crippen molar-refractivity contribution in [2.24, 2.45) is 5.73 Å². The lowest BCUT2D eigenvalue weighted by Crippen LogP contribution is -2.01. The van der Waals surface area contributed by atoms with E-state index >= 15 is 0 Å². The second kappa shape index (κ2) is 4.75. The lowest BCUT2D eigenvalue weighted by atomic mass is 10.2. The van der Waals surface area contributed by atoms with E-state index in [1.165, 1.54) is 0 Å². The first kappa shape index (κ1) is 10.6. The number of benzene rings is 1. The average Bonchev–Trinajstić information content (AvgIpc) is 2.67. The Kier molecular flexibility index (Phi) is 3.36. The van der Waals surface area contributed by atoms with Crippen molar-refractivity contribution in [1.29, 1.82) is 0 Å². The summed E-state index contributed by atoms with van der Waals surface area (Å²) in [6.45, 7) is 0.641. The number of hydrogen-bond donors (Lipinski definition) is 1. The van der Waals surface area contributed by atoms with Crippen molar-refractivity contribution in [3.8, 4) is 11.3 Å². The highest BCUT2D eigenvalue weighted by atomic mass is 35.5. The number of rotatable bonds is 3. The maximum atomic E-state index is 5.92. The highest BCUT2D eigenvalue weighted by molar-refractivity contribution is 7.09. The fraction of sp³-hybridized carbons (Fsp3) is 0.182. The van der Waals surface area contributed by atoms with Gasteiger partial charge < -0.3 is 5.73 Å². The molecule has 4 heteroatoms. The number of halogens is 1. The van der Waals surface area contributed by atoms with Crippen LogP contribution in [0.15, 0.2) is 29.6 Å². The van der Waals surface area contributed by atoms with Crippen LogP contribution < -0.4 is 5.73 Å². The van der Waals surface area contributed by atoms with Crippen LogP contribution in [0.1, 0.15) is 5.01 Å². The van der Waals surface area contributed by atoms with Gasteiger partial charge in [0.2, 0.25) is 0 Å². The van der Waals surface area contributed by atoms with Crippen LogP contribution in [0, 0.1) is 0 Å². The number of nitrogens with two attached hydrogens (primary N) is 1. The Hall–Kier alpha value is -0.900. The molecule has 0 saturated carbocycles. The summed E-state index contributed by atoms with van der Waals surface area (Å²) < 4.78 is 0. The van der Waals surface area contributed by atoms with Crippen LogP contribution in [0.3, 0.4) is 0 Å². The molecular formula is C11H11ClN2S. The SMILES string of the molecule is NCCc1nc(-c2cccc(Cl)c2)cs1. The Morgan fingerprint density at radius 3 is 3.00 bits per heavy atom. The van der Waals surface area contributed by atoms with Gasteiger partial charge in [-0.2, -0.15) is 0 Å². The van der Waals surface area contributed by atoms with Gasteiger partial charge >= 0.3 is 0 Å². The summed E-state index contributed by atoms with van der Waals surface area (Å²) in [6, 6.07) is 7.72. The van der Waals surface area contributed by atoms with Crippen molar-refractivity contribution in [2.75, 3.05) is 6.54 Å². The van der Waals surface area contributed by atoms with E-state index in [4.69, 9.17) is 17.3 Å². The number of hydrogen-bond acceptors (Lipinski definition) is 3. The summed E-state index contributed by atoms with van der Waals surface area (Å²) in [7, 11) is 0. The van der Waals surface area contributed by atoms with Gasteiger partial charge in [-0.15, -0.1) is 11.3 Å². The normalized spacial score (nSPS) is 10.5. The van der Waals surface area contributed by atoms with Crippen LogP contribution in [0.4, 0.5) is 0 Å². The summed E-state index contributed by atoms with van der Waals surface area (Å²) >= 11 is 7.56. The molecule has 0 aliphatic heterocycles. The highest BCUT2D eigenvalue weighted by Gasteiger charge is 2.03. The zero-order valence-corrected chi connectivity index (χ0v) is 9.68. The number of thiazole rings is 1. The highest BCUT2D eigenvalue weighted by Crippen LogP contribution is 2.24. The minimum atomic E-state index is 0.641. The molecule has 2 aromatic rings. The quantitative estimate of drug-likeness (QED) is 0.893. The van der Waals surface area contributed by atoms with E-state index in [0.29, 0.717) is 6.54 Å². The molecule has 0 atom stereocenters. The zero-order chi connectivity index (χ0) is 10.7. The van der Waals surface area contributed by atoms with Crippen LogP contribution in [-0.2, 0) is 6.42 Å². The molecule has 1 heterocycles. The third kappa shape index (κ3) is 2.56. The number of nitrogens with zero attached hydrogens (tertiary/aromatic N) is 1. The molecule has 0 aliphatic rings. The molecule has 0 radical (unpaired) electrons. The molecule has 0 aliphatic carbocycles. The molecule has 0 amide bonds. The van der Waals surface area contributed by atoms with E-state index in [1.54, 1.807) is 11.3 Å². The molecule has 0 bridgehead atoms. The molecular weight excluding hydrogens is 228 g/mol. The summed E-state index contributed by atoms with van der Waals surface area (Å²) in [5.41, 5.74) is 7.51. The minimum Gasteiger partial charge on any atom is -0.330 e. The monoisotopic (exact) mass is 238 g/mol. The second-order valence-corrected chi connectivity index (χ2v) is 4.55. The first-order valence-corrected chi connectivity index (χ1v) is 5.96. The van der Waals surface area contributed by atoms with Gasteiger partial charge in [0.15, 0.2) is 0 Å². The van der Waals surface area contributed by atoms with Crippen molar-refractivity contribution in [1.82, 2.24) is 4.98 Å². The Labute approximate surface area is 97.7 Å². The van der Waals surface area contributed by atoms with Crippen molar-refractivity contribution in [2.45, 2.75) is 6.42 Å². The first-order valence-electron chi connectivity index (χ1n) is 4.70. The maximum Gasteiger partial charge on any atom is 0.0945 e. The van der Waals surface area contributed by atoms with Gasteiger partial charge in [0.25, 0.3) is 0 Å². The van der Waals surface area contributed by atoms with Crippen molar-refractivity contribution < 1.29 is 0 Å². The summed E-state index contributed by atoms with van der Waals surface area (Å²) in [4.78, 5) is 4.49. The molecule has 0 fully saturated rings. The summed E-state index contributed by atoms with van der Waals surface area (Å²) in [5.74, 6) is 0. The van der Waals surface area contributed by atoms with E-state index in [-0.39, 0.29) is 0 Å². The molecule has 78 valence electrons. The Balaban J connectivity index is 2.29. The molecule has 1 aromatic carbocycles. The van der Waals surface area contributed by atoms with Crippen LogP contribution in [0.25, 0.3) is 11.3 Å². The van der Waals surface area contributed by atoms with Gasteiger partial charge in [-0.25, -0.2) is 4.98 Å². The largest absolute Gasteiger partial charge is 0.330 e. The average molecular weight is 239 g/mol. The fourth-order valence-corrected chi connectivity index (χ4v) is 2.34. The van der Waals surface area contributed by atoms with Crippen molar-refractivity contribution in [3.63, 3.8) is 0 Å². The minimum absolute atomic E-state index is 0.641. The smallest absolute Gasteiger partial charge is 0.0945 e. The van der Waals surface area contributed by atoms with Gasteiger partial charge in [-0.05, 0) is 18.7 Å². The maximum absolute atomic E-state index is 5.92. The third-order valence-corrected chi connectivity index (χ3v) is 3.17. The molecule has 0 unspecified atom stereocenters. The van der Waals surface area contributed by atoms with Gasteiger partial charge in [0, 0.05) is 22.4 Å². The van der Waals surface area contributed by atoms with E-state index in [2.05, 4.69) is 4.98 Å². The second-order valence-electron chi connectivity index (χ2n) is 3.18. The molecule has 2 rings (SSSR count). The molecule has 0 saturated heterocycles. The van der Waals surface area contributed by atoms with E-state index in [1.807, 2.05) is 29.6 Å². The molecule has 2 nitrogen and oxygen atoms in total. The lowest BCUT2D eigenvalue weighted by Gasteiger charge is -1.96. The molecule has 0 spiro atoms. The Morgan fingerprint density at radius 2 is 2.27 bits per heavy atom. The van der Waals surface area contributed by atoms with Crippen LogP contribution in [0.2, 0.25) is 5.02 Å². The van der Waals surface area contributed by atoms with E-state index in [0.717, 1.165) is 27.7 Å². The van der Waals surface area contributed by atoms with Crippen LogP contribution in [0.5, 0.6) is 0 Å². The van der Waals surface area contributed by atoms with Gasteiger partial charge in [-0.3, -0.25) is 0 Å². The molecule has 1 aromatic heterocycles. The predicted octanol–water partition coefficient (Wildman–Crippen LogP) is 2.96. The van der Waals surface area contributed by atoms with Crippen molar-refractivity contribution >= 4 is 22.9 Å². The molecule has 15 heavy (non-hydrogen) atoms. The van der Waals surface area contributed by atoms with E-state index < -0.39 is 0 Å². The molecule has 2 N–H and O–H groups in total. The number of aromatic nitrogens is 1. The summed E-state index contributed by atoms with van der Waals surface area (Å²) in [5, 5.41) is 3.85. The predicted molar refractivity (Wildman–Crippen MR) is 65.3 cm³/mol.